The second-order valence-electron chi connectivity index (χ2n) is 4.10. The maximum Gasteiger partial charge on any atom is 0.0683 e. The van der Waals surface area contributed by atoms with Gasteiger partial charge in [-0.3, -0.25) is 0 Å². The average Bonchev–Trinajstić information content (AvgIpc) is 2.16. The van der Waals surface area contributed by atoms with Crippen LogP contribution in [0, 0.1) is 16.7 Å². The van der Waals surface area contributed by atoms with Crippen molar-refractivity contribution in [3.05, 3.63) is 12.2 Å². The number of unbranched alkanes of at least 4 members (excludes halogenated alkanes) is 1. The molecule has 14 heavy (non-hydrogen) atoms. The zero-order chi connectivity index (χ0) is 10.9. The predicted octanol–water partition coefficient (Wildman–Crippen LogP) is 3.30. The predicted molar refractivity (Wildman–Crippen MR) is 58.9 cm³/mol. The molecule has 0 saturated carbocycles. The molecule has 2 heteroatoms. The Labute approximate surface area is 87.6 Å². The fourth-order valence-corrected chi connectivity index (χ4v) is 1.07. The molecule has 80 valence electrons. The van der Waals surface area contributed by atoms with Crippen LogP contribution in [-0.2, 0) is 4.74 Å². The van der Waals surface area contributed by atoms with E-state index in [9.17, 15) is 0 Å². The van der Waals surface area contributed by atoms with E-state index in [0.29, 0.717) is 6.61 Å². The molecule has 0 unspecified atom stereocenters. The Hall–Kier alpha value is -0.810. The fourth-order valence-electron chi connectivity index (χ4n) is 1.07. The van der Waals surface area contributed by atoms with Crippen LogP contribution in [0.25, 0.3) is 0 Å². The van der Waals surface area contributed by atoms with Gasteiger partial charge in [-0.15, -0.1) is 0 Å². The second kappa shape index (κ2) is 7.58. The summed E-state index contributed by atoms with van der Waals surface area (Å²) >= 11 is 0. The van der Waals surface area contributed by atoms with Gasteiger partial charge in [0.05, 0.1) is 18.1 Å². The lowest BCUT2D eigenvalue weighted by atomic mass is 9.89. The Balaban J connectivity index is 3.27. The minimum atomic E-state index is -0.177. The van der Waals surface area contributed by atoms with E-state index in [1.165, 1.54) is 0 Å². The molecule has 0 atom stereocenters. The van der Waals surface area contributed by atoms with Crippen molar-refractivity contribution in [3.63, 3.8) is 0 Å². The Morgan fingerprint density at radius 2 is 2.07 bits per heavy atom. The summed E-state index contributed by atoms with van der Waals surface area (Å²) in [7, 11) is 0. The van der Waals surface area contributed by atoms with Crippen LogP contribution in [0.4, 0.5) is 0 Å². The fraction of sp³-hybridized carbons (Fsp3) is 0.750. The van der Waals surface area contributed by atoms with E-state index in [0.717, 1.165) is 25.9 Å². The van der Waals surface area contributed by atoms with Crippen molar-refractivity contribution in [1.29, 1.82) is 5.26 Å². The van der Waals surface area contributed by atoms with Crippen molar-refractivity contribution in [1.82, 2.24) is 0 Å². The van der Waals surface area contributed by atoms with Gasteiger partial charge in [0.15, 0.2) is 0 Å². The van der Waals surface area contributed by atoms with Gasteiger partial charge >= 0.3 is 0 Å². The summed E-state index contributed by atoms with van der Waals surface area (Å²) in [4.78, 5) is 0. The maximum absolute atomic E-state index is 8.78. The zero-order valence-corrected chi connectivity index (χ0v) is 9.55. The lowest BCUT2D eigenvalue weighted by Gasteiger charge is -2.13. The van der Waals surface area contributed by atoms with E-state index in [-0.39, 0.29) is 5.41 Å². The minimum Gasteiger partial charge on any atom is -0.377 e. The van der Waals surface area contributed by atoms with Gasteiger partial charge in [-0.2, -0.15) is 5.26 Å². The van der Waals surface area contributed by atoms with E-state index in [2.05, 4.69) is 6.07 Å². The Kier molecular flexibility index (Phi) is 7.14. The van der Waals surface area contributed by atoms with Gasteiger partial charge in [0.2, 0.25) is 0 Å². The third kappa shape index (κ3) is 7.82. The molecule has 0 N–H and O–H groups in total. The summed E-state index contributed by atoms with van der Waals surface area (Å²) in [5.74, 6) is 0. The standard InChI is InChI=1S/C12H21NO/c1-4-5-9-14-10-7-6-8-12(2,3)11-13/h4-5H,6-10H2,1-3H3/b5-4+. The van der Waals surface area contributed by atoms with Crippen molar-refractivity contribution >= 4 is 0 Å². The van der Waals surface area contributed by atoms with Gasteiger partial charge in [0, 0.05) is 6.61 Å². The van der Waals surface area contributed by atoms with Gasteiger partial charge in [-0.05, 0) is 40.0 Å². The first kappa shape index (κ1) is 13.2. The topological polar surface area (TPSA) is 33.0 Å². The van der Waals surface area contributed by atoms with Gasteiger partial charge in [0.1, 0.15) is 0 Å². The number of rotatable bonds is 7. The van der Waals surface area contributed by atoms with E-state index < -0.39 is 0 Å². The van der Waals surface area contributed by atoms with Crippen molar-refractivity contribution in [2.75, 3.05) is 13.2 Å². The highest BCUT2D eigenvalue weighted by molar-refractivity contribution is 4.91. The first-order valence-electron chi connectivity index (χ1n) is 5.22. The molecule has 0 aromatic rings. The summed E-state index contributed by atoms with van der Waals surface area (Å²) < 4.78 is 5.35. The molecule has 0 fully saturated rings. The van der Waals surface area contributed by atoms with E-state index >= 15 is 0 Å². The molecule has 2 nitrogen and oxygen atoms in total. The van der Waals surface area contributed by atoms with Crippen molar-refractivity contribution in [3.8, 4) is 6.07 Å². The number of hydrogen-bond acceptors (Lipinski definition) is 2. The Bertz CT molecular complexity index is 201. The zero-order valence-electron chi connectivity index (χ0n) is 9.55. The summed E-state index contributed by atoms with van der Waals surface area (Å²) in [6, 6.07) is 2.30. The molecule has 0 aliphatic rings. The maximum atomic E-state index is 8.78. The molecule has 0 rings (SSSR count). The average molecular weight is 195 g/mol. The van der Waals surface area contributed by atoms with Gasteiger partial charge < -0.3 is 4.74 Å². The molecule has 0 aliphatic heterocycles. The summed E-state index contributed by atoms with van der Waals surface area (Å²) in [5, 5.41) is 8.78. The molecular formula is C12H21NO. The molecule has 0 aromatic carbocycles. The summed E-state index contributed by atoms with van der Waals surface area (Å²) in [5.41, 5.74) is -0.177. The number of ether oxygens (including phenoxy) is 1. The lowest BCUT2D eigenvalue weighted by Crippen LogP contribution is -2.07. The largest absolute Gasteiger partial charge is 0.377 e. The molecule has 0 saturated heterocycles. The van der Waals surface area contributed by atoms with E-state index in [1.807, 2.05) is 32.9 Å². The van der Waals surface area contributed by atoms with Gasteiger partial charge in [-0.1, -0.05) is 12.2 Å². The van der Waals surface area contributed by atoms with Crippen LogP contribution in [0.2, 0.25) is 0 Å². The third-order valence-electron chi connectivity index (χ3n) is 2.09. The summed E-state index contributed by atoms with van der Waals surface area (Å²) in [6.07, 6.45) is 7.05. The number of allylic oxidation sites excluding steroid dienone is 1. The van der Waals surface area contributed by atoms with Crippen LogP contribution in [0.5, 0.6) is 0 Å². The van der Waals surface area contributed by atoms with Crippen LogP contribution in [0.15, 0.2) is 12.2 Å². The molecule has 0 aromatic heterocycles. The highest BCUT2D eigenvalue weighted by Gasteiger charge is 2.15. The first-order valence-corrected chi connectivity index (χ1v) is 5.22. The van der Waals surface area contributed by atoms with Gasteiger partial charge in [-0.25, -0.2) is 0 Å². The molecule has 0 spiro atoms. The molecule has 0 bridgehead atoms. The van der Waals surface area contributed by atoms with Crippen LogP contribution >= 0.6 is 0 Å². The van der Waals surface area contributed by atoms with Crippen molar-refractivity contribution in [2.24, 2.45) is 5.41 Å². The van der Waals surface area contributed by atoms with Crippen molar-refractivity contribution in [2.45, 2.75) is 40.0 Å². The van der Waals surface area contributed by atoms with Crippen LogP contribution in [0.3, 0.4) is 0 Å². The monoisotopic (exact) mass is 195 g/mol. The third-order valence-corrected chi connectivity index (χ3v) is 2.09. The van der Waals surface area contributed by atoms with Crippen LogP contribution in [0.1, 0.15) is 40.0 Å². The van der Waals surface area contributed by atoms with E-state index in [4.69, 9.17) is 10.00 Å². The SMILES string of the molecule is C/C=C/COCCCCC(C)(C)C#N. The molecule has 0 heterocycles. The van der Waals surface area contributed by atoms with Crippen molar-refractivity contribution < 1.29 is 4.74 Å². The van der Waals surface area contributed by atoms with E-state index in [1.54, 1.807) is 0 Å². The molecule has 0 amide bonds. The Morgan fingerprint density at radius 1 is 1.36 bits per heavy atom. The molecule has 0 radical (unpaired) electrons. The number of nitriles is 1. The van der Waals surface area contributed by atoms with Crippen LogP contribution in [-0.4, -0.2) is 13.2 Å². The number of hydrogen-bond donors (Lipinski definition) is 0. The minimum absolute atomic E-state index is 0.177. The van der Waals surface area contributed by atoms with Gasteiger partial charge in [0.25, 0.3) is 0 Å². The highest BCUT2D eigenvalue weighted by atomic mass is 16.5. The normalized spacial score (nSPS) is 11.9. The molecule has 0 aliphatic carbocycles. The molecular weight excluding hydrogens is 174 g/mol. The highest BCUT2D eigenvalue weighted by Crippen LogP contribution is 2.21. The smallest absolute Gasteiger partial charge is 0.0683 e. The number of nitrogens with zero attached hydrogens (tertiary/aromatic N) is 1. The Morgan fingerprint density at radius 3 is 2.64 bits per heavy atom. The lowest BCUT2D eigenvalue weighted by molar-refractivity contribution is 0.155. The first-order chi connectivity index (χ1) is 6.62. The van der Waals surface area contributed by atoms with Crippen LogP contribution < -0.4 is 0 Å². The quantitative estimate of drug-likeness (QED) is 0.461. The second-order valence-corrected chi connectivity index (χ2v) is 4.10. The summed E-state index contributed by atoms with van der Waals surface area (Å²) in [6.45, 7) is 7.45.